The second-order valence-corrected chi connectivity index (χ2v) is 3.60. The van der Waals surface area contributed by atoms with Gasteiger partial charge in [-0.15, -0.1) is 11.3 Å². The monoisotopic (exact) mass is 209 g/mol. The number of carboxylic acid groups (broad SMARTS) is 1. The van der Waals surface area contributed by atoms with Gasteiger partial charge in [-0.2, -0.15) is 5.10 Å². The molecular formula is C8H7N3O2S. The molecule has 5 nitrogen and oxygen atoms in total. The van der Waals surface area contributed by atoms with Crippen molar-refractivity contribution in [2.24, 2.45) is 7.05 Å². The number of thiazole rings is 1. The Morgan fingerprint density at radius 2 is 2.43 bits per heavy atom. The average Bonchev–Trinajstić information content (AvgIpc) is 2.70. The predicted molar refractivity (Wildman–Crippen MR) is 51.3 cm³/mol. The number of hydrogen-bond acceptors (Lipinski definition) is 4. The van der Waals surface area contributed by atoms with Gasteiger partial charge in [-0.1, -0.05) is 0 Å². The van der Waals surface area contributed by atoms with Gasteiger partial charge in [-0.05, 0) is 6.07 Å². The zero-order chi connectivity index (χ0) is 10.1. The van der Waals surface area contributed by atoms with Gasteiger partial charge in [0.2, 0.25) is 0 Å². The van der Waals surface area contributed by atoms with Gasteiger partial charge >= 0.3 is 5.97 Å². The SMILES string of the molecule is Cn1nc(-c2cncs2)cc1C(=O)O. The summed E-state index contributed by atoms with van der Waals surface area (Å²) < 4.78 is 1.34. The van der Waals surface area contributed by atoms with E-state index in [4.69, 9.17) is 5.11 Å². The molecule has 0 aromatic carbocycles. The van der Waals surface area contributed by atoms with E-state index in [1.807, 2.05) is 0 Å². The topological polar surface area (TPSA) is 68.0 Å². The molecule has 72 valence electrons. The maximum absolute atomic E-state index is 10.7. The van der Waals surface area contributed by atoms with Crippen molar-refractivity contribution in [2.75, 3.05) is 0 Å². The summed E-state index contributed by atoms with van der Waals surface area (Å²) in [6.45, 7) is 0. The highest BCUT2D eigenvalue weighted by molar-refractivity contribution is 7.13. The van der Waals surface area contributed by atoms with Crippen molar-refractivity contribution in [3.8, 4) is 10.6 Å². The van der Waals surface area contributed by atoms with Gasteiger partial charge in [0.1, 0.15) is 11.4 Å². The van der Waals surface area contributed by atoms with Crippen LogP contribution >= 0.6 is 11.3 Å². The van der Waals surface area contributed by atoms with Crippen LogP contribution < -0.4 is 0 Å². The van der Waals surface area contributed by atoms with Crippen LogP contribution in [0.4, 0.5) is 0 Å². The molecule has 0 amide bonds. The lowest BCUT2D eigenvalue weighted by atomic mass is 10.3. The summed E-state index contributed by atoms with van der Waals surface area (Å²) in [5.74, 6) is -0.976. The minimum Gasteiger partial charge on any atom is -0.477 e. The third kappa shape index (κ3) is 1.39. The minimum atomic E-state index is -0.976. The lowest BCUT2D eigenvalue weighted by Gasteiger charge is -1.91. The predicted octanol–water partition coefficient (Wildman–Crippen LogP) is 1.24. The van der Waals surface area contributed by atoms with E-state index in [1.165, 1.54) is 22.1 Å². The van der Waals surface area contributed by atoms with Gasteiger partial charge in [0, 0.05) is 13.2 Å². The molecule has 1 N–H and O–H groups in total. The second-order valence-electron chi connectivity index (χ2n) is 2.71. The number of hydrogen-bond donors (Lipinski definition) is 1. The van der Waals surface area contributed by atoms with Crippen LogP contribution in [0, 0.1) is 0 Å². The summed E-state index contributed by atoms with van der Waals surface area (Å²) in [6.07, 6.45) is 1.67. The largest absolute Gasteiger partial charge is 0.477 e. The first-order valence-electron chi connectivity index (χ1n) is 3.84. The fourth-order valence-corrected chi connectivity index (χ4v) is 1.71. The van der Waals surface area contributed by atoms with Gasteiger partial charge in [0.25, 0.3) is 0 Å². The zero-order valence-electron chi connectivity index (χ0n) is 7.34. The molecule has 0 saturated heterocycles. The molecule has 0 aliphatic rings. The molecule has 0 radical (unpaired) electrons. The first-order valence-corrected chi connectivity index (χ1v) is 4.72. The van der Waals surface area contributed by atoms with Crippen LogP contribution in [-0.2, 0) is 7.05 Å². The highest BCUT2D eigenvalue weighted by Gasteiger charge is 2.13. The van der Waals surface area contributed by atoms with Gasteiger partial charge in [-0.25, -0.2) is 4.79 Å². The molecule has 2 aromatic heterocycles. The molecule has 0 aliphatic heterocycles. The van der Waals surface area contributed by atoms with Crippen molar-refractivity contribution in [3.05, 3.63) is 23.5 Å². The summed E-state index contributed by atoms with van der Waals surface area (Å²) in [6, 6.07) is 1.54. The maximum atomic E-state index is 10.7. The smallest absolute Gasteiger partial charge is 0.354 e. The molecule has 2 aromatic rings. The van der Waals surface area contributed by atoms with E-state index in [0.717, 1.165) is 4.88 Å². The van der Waals surface area contributed by atoms with Gasteiger partial charge in [-0.3, -0.25) is 9.67 Å². The van der Waals surface area contributed by atoms with Gasteiger partial charge in [0.15, 0.2) is 0 Å². The molecule has 2 heterocycles. The first-order chi connectivity index (χ1) is 6.68. The van der Waals surface area contributed by atoms with Crippen molar-refractivity contribution in [2.45, 2.75) is 0 Å². The molecule has 14 heavy (non-hydrogen) atoms. The molecule has 0 aliphatic carbocycles. The van der Waals surface area contributed by atoms with Gasteiger partial charge in [0.05, 0.1) is 10.4 Å². The Bertz CT molecular complexity index is 461. The van der Waals surface area contributed by atoms with E-state index in [0.29, 0.717) is 5.69 Å². The average molecular weight is 209 g/mol. The van der Waals surface area contributed by atoms with Crippen LogP contribution in [-0.4, -0.2) is 25.8 Å². The third-order valence-electron chi connectivity index (χ3n) is 1.78. The van der Waals surface area contributed by atoms with Crippen LogP contribution in [0.2, 0.25) is 0 Å². The molecular weight excluding hydrogens is 202 g/mol. The minimum absolute atomic E-state index is 0.174. The molecule has 0 spiro atoms. The van der Waals surface area contributed by atoms with E-state index in [2.05, 4.69) is 10.1 Å². The fraction of sp³-hybridized carbons (Fsp3) is 0.125. The molecule has 0 atom stereocenters. The molecule has 6 heteroatoms. The summed E-state index contributed by atoms with van der Waals surface area (Å²) in [5, 5.41) is 12.9. The molecule has 0 unspecified atom stereocenters. The highest BCUT2D eigenvalue weighted by atomic mass is 32.1. The fourth-order valence-electron chi connectivity index (χ4n) is 1.13. The zero-order valence-corrected chi connectivity index (χ0v) is 8.15. The Labute approximate surface area is 83.6 Å². The Morgan fingerprint density at radius 1 is 1.64 bits per heavy atom. The Hall–Kier alpha value is -1.69. The van der Waals surface area contributed by atoms with Crippen molar-refractivity contribution in [1.29, 1.82) is 0 Å². The van der Waals surface area contributed by atoms with E-state index >= 15 is 0 Å². The molecule has 2 rings (SSSR count). The number of aromatic nitrogens is 3. The molecule has 0 fully saturated rings. The highest BCUT2D eigenvalue weighted by Crippen LogP contribution is 2.22. The second kappa shape index (κ2) is 3.22. The van der Waals surface area contributed by atoms with Crippen LogP contribution in [0.5, 0.6) is 0 Å². The Kier molecular flexibility index (Phi) is 2.05. The summed E-state index contributed by atoms with van der Waals surface area (Å²) in [4.78, 5) is 15.5. The number of aromatic carboxylic acids is 1. The first kappa shape index (κ1) is 8.89. The normalized spacial score (nSPS) is 10.4. The number of aryl methyl sites for hydroxylation is 1. The van der Waals surface area contributed by atoms with Crippen molar-refractivity contribution >= 4 is 17.3 Å². The van der Waals surface area contributed by atoms with E-state index in [1.54, 1.807) is 18.8 Å². The third-order valence-corrected chi connectivity index (χ3v) is 2.58. The number of carbonyl (C=O) groups is 1. The van der Waals surface area contributed by atoms with E-state index < -0.39 is 5.97 Å². The lowest BCUT2D eigenvalue weighted by Crippen LogP contribution is -2.04. The Balaban J connectivity index is 2.48. The Morgan fingerprint density at radius 3 is 2.93 bits per heavy atom. The maximum Gasteiger partial charge on any atom is 0.354 e. The number of nitrogens with zero attached hydrogens (tertiary/aromatic N) is 3. The number of rotatable bonds is 2. The van der Waals surface area contributed by atoms with Crippen molar-refractivity contribution in [3.63, 3.8) is 0 Å². The van der Waals surface area contributed by atoms with Crippen molar-refractivity contribution < 1.29 is 9.90 Å². The van der Waals surface area contributed by atoms with Crippen LogP contribution in [0.3, 0.4) is 0 Å². The van der Waals surface area contributed by atoms with Gasteiger partial charge < -0.3 is 5.11 Å². The lowest BCUT2D eigenvalue weighted by molar-refractivity contribution is 0.0685. The standard InChI is InChI=1S/C8H7N3O2S/c1-11-6(8(12)13)2-5(10-11)7-3-9-4-14-7/h2-4H,1H3,(H,12,13). The summed E-state index contributed by atoms with van der Waals surface area (Å²) >= 11 is 1.43. The van der Waals surface area contributed by atoms with Crippen LogP contribution in [0.15, 0.2) is 17.8 Å². The van der Waals surface area contributed by atoms with E-state index in [-0.39, 0.29) is 5.69 Å². The summed E-state index contributed by atoms with van der Waals surface area (Å²) in [5.41, 5.74) is 2.51. The quantitative estimate of drug-likeness (QED) is 0.808. The van der Waals surface area contributed by atoms with Crippen LogP contribution in [0.1, 0.15) is 10.5 Å². The summed E-state index contributed by atoms with van der Waals surface area (Å²) in [7, 11) is 1.61. The van der Waals surface area contributed by atoms with E-state index in [9.17, 15) is 4.79 Å². The van der Waals surface area contributed by atoms with Crippen molar-refractivity contribution in [1.82, 2.24) is 14.8 Å². The molecule has 0 bridgehead atoms. The van der Waals surface area contributed by atoms with Crippen LogP contribution in [0.25, 0.3) is 10.6 Å². The number of carboxylic acids is 1. The molecule has 0 saturated carbocycles.